The van der Waals surface area contributed by atoms with E-state index in [-0.39, 0.29) is 35.8 Å². The average Bonchev–Trinajstić information content (AvgIpc) is 2.75. The van der Waals surface area contributed by atoms with Crippen molar-refractivity contribution in [3.63, 3.8) is 0 Å². The Morgan fingerprint density at radius 2 is 2.19 bits per heavy atom. The largest absolute Gasteiger partial charge is 0.459 e. The maximum absolute atomic E-state index is 12.8. The van der Waals surface area contributed by atoms with Crippen LogP contribution in [-0.2, 0) is 14.3 Å². The van der Waals surface area contributed by atoms with Crippen LogP contribution < -0.4 is 10.6 Å². The first kappa shape index (κ1) is 23.9. The average molecular weight is 449 g/mol. The number of ether oxygens (including phenoxy) is 2. The fourth-order valence-corrected chi connectivity index (χ4v) is 4.20. The maximum Gasteiger partial charge on any atom is 0.287 e. The highest BCUT2D eigenvalue weighted by atomic mass is 16.7. The second-order valence-electron chi connectivity index (χ2n) is 8.11. The minimum Gasteiger partial charge on any atom is -0.459 e. The molecular formula is C22H32N4O6. The van der Waals surface area contributed by atoms with E-state index in [1.165, 1.54) is 24.8 Å². The van der Waals surface area contributed by atoms with Crippen molar-refractivity contribution in [2.24, 2.45) is 17.8 Å². The van der Waals surface area contributed by atoms with E-state index >= 15 is 0 Å². The summed E-state index contributed by atoms with van der Waals surface area (Å²) < 4.78 is 11.8. The van der Waals surface area contributed by atoms with Gasteiger partial charge in [0.2, 0.25) is 6.29 Å². The SMILES string of the molecule is CCO[C@@H]1OC(C(=O)NCCNc2ccc([N+](=O)[O-])cn2)=C[C@H](C2CCC2)[C@@H]1CCCO. The normalized spacial score (nSPS) is 22.9. The summed E-state index contributed by atoms with van der Waals surface area (Å²) >= 11 is 0. The predicted molar refractivity (Wildman–Crippen MR) is 118 cm³/mol. The van der Waals surface area contributed by atoms with Crippen LogP contribution >= 0.6 is 0 Å². The lowest BCUT2D eigenvalue weighted by Gasteiger charge is -2.43. The molecule has 10 heteroatoms. The lowest BCUT2D eigenvalue weighted by atomic mass is 9.68. The zero-order valence-corrected chi connectivity index (χ0v) is 18.4. The highest BCUT2D eigenvalue weighted by Gasteiger charge is 2.42. The predicted octanol–water partition coefficient (Wildman–Crippen LogP) is 2.60. The number of hydrogen-bond acceptors (Lipinski definition) is 8. The van der Waals surface area contributed by atoms with Gasteiger partial charge in [0.25, 0.3) is 11.6 Å². The molecule has 3 rings (SSSR count). The maximum atomic E-state index is 12.8. The number of rotatable bonds is 12. The number of nitrogens with one attached hydrogen (secondary N) is 2. The Morgan fingerprint density at radius 1 is 1.38 bits per heavy atom. The van der Waals surface area contributed by atoms with Crippen molar-refractivity contribution in [2.75, 3.05) is 31.6 Å². The van der Waals surface area contributed by atoms with Crippen molar-refractivity contribution in [3.8, 4) is 0 Å². The van der Waals surface area contributed by atoms with Gasteiger partial charge in [0.15, 0.2) is 5.76 Å². The van der Waals surface area contributed by atoms with Gasteiger partial charge >= 0.3 is 0 Å². The molecule has 1 aliphatic heterocycles. The van der Waals surface area contributed by atoms with Crippen molar-refractivity contribution >= 4 is 17.4 Å². The molecule has 0 aromatic carbocycles. The number of carbonyl (C=O) groups excluding carboxylic acids is 1. The highest BCUT2D eigenvalue weighted by Crippen LogP contribution is 2.44. The number of allylic oxidation sites excluding steroid dienone is 1. The van der Waals surface area contributed by atoms with E-state index in [4.69, 9.17) is 9.47 Å². The van der Waals surface area contributed by atoms with Crippen LogP contribution in [0.5, 0.6) is 0 Å². The van der Waals surface area contributed by atoms with E-state index < -0.39 is 11.2 Å². The van der Waals surface area contributed by atoms with Crippen LogP contribution in [-0.4, -0.2) is 53.5 Å². The Morgan fingerprint density at radius 3 is 2.78 bits per heavy atom. The third kappa shape index (κ3) is 6.17. The van der Waals surface area contributed by atoms with Gasteiger partial charge in [0, 0.05) is 38.3 Å². The zero-order valence-electron chi connectivity index (χ0n) is 18.4. The first-order valence-corrected chi connectivity index (χ1v) is 11.3. The number of aliphatic hydroxyl groups excluding tert-OH is 1. The van der Waals surface area contributed by atoms with E-state index in [1.54, 1.807) is 0 Å². The van der Waals surface area contributed by atoms with Crippen LogP contribution in [0.15, 0.2) is 30.2 Å². The van der Waals surface area contributed by atoms with E-state index in [2.05, 4.69) is 15.6 Å². The van der Waals surface area contributed by atoms with Gasteiger partial charge in [-0.15, -0.1) is 0 Å². The number of pyridine rings is 1. The Kier molecular flexibility index (Phi) is 8.81. The molecule has 0 unspecified atom stereocenters. The van der Waals surface area contributed by atoms with Gasteiger partial charge in [-0.05, 0) is 56.6 Å². The van der Waals surface area contributed by atoms with Crippen LogP contribution in [0.1, 0.15) is 39.0 Å². The topological polar surface area (TPSA) is 136 Å². The molecule has 1 saturated carbocycles. The summed E-state index contributed by atoms with van der Waals surface area (Å²) in [5.41, 5.74) is -0.0765. The van der Waals surface area contributed by atoms with Gasteiger partial charge < -0.3 is 25.2 Å². The standard InChI is InChI=1S/C22H32N4O6/c1-2-31-22-17(7-4-12-27)18(15-5-3-6-15)13-19(32-22)21(28)24-11-10-23-20-9-8-16(14-25-20)26(29)30/h8-9,13-15,17-18,22,27H,2-7,10-12H2,1H3,(H,23,25)(H,24,28)/t17-,18+,22+/m0/s1. The quantitative estimate of drug-likeness (QED) is 0.252. The molecule has 1 aliphatic carbocycles. The van der Waals surface area contributed by atoms with Crippen molar-refractivity contribution in [3.05, 3.63) is 40.3 Å². The molecule has 1 aromatic rings. The van der Waals surface area contributed by atoms with Crippen molar-refractivity contribution in [2.45, 2.75) is 45.3 Å². The number of aliphatic hydroxyl groups is 1. The number of anilines is 1. The molecule has 1 amide bonds. The van der Waals surface area contributed by atoms with Crippen LogP contribution in [0.2, 0.25) is 0 Å². The number of carbonyl (C=O) groups is 1. The monoisotopic (exact) mass is 448 g/mol. The molecule has 0 radical (unpaired) electrons. The molecule has 1 fully saturated rings. The molecule has 0 bridgehead atoms. The summed E-state index contributed by atoms with van der Waals surface area (Å²) in [6.07, 6.45) is 7.58. The Hall–Kier alpha value is -2.72. The van der Waals surface area contributed by atoms with Gasteiger partial charge in [-0.1, -0.05) is 6.42 Å². The van der Waals surface area contributed by atoms with Gasteiger partial charge in [0.05, 0.1) is 4.92 Å². The highest BCUT2D eigenvalue weighted by molar-refractivity contribution is 5.91. The lowest BCUT2D eigenvalue weighted by molar-refractivity contribution is -0.385. The summed E-state index contributed by atoms with van der Waals surface area (Å²) in [7, 11) is 0. The number of nitro groups is 1. The lowest BCUT2D eigenvalue weighted by Crippen LogP contribution is -2.43. The summed E-state index contributed by atoms with van der Waals surface area (Å²) in [4.78, 5) is 26.9. The van der Waals surface area contributed by atoms with E-state index in [9.17, 15) is 20.0 Å². The fourth-order valence-electron chi connectivity index (χ4n) is 4.20. The first-order valence-electron chi connectivity index (χ1n) is 11.3. The second kappa shape index (κ2) is 11.8. The van der Waals surface area contributed by atoms with Crippen molar-refractivity contribution < 1.29 is 24.3 Å². The van der Waals surface area contributed by atoms with Crippen LogP contribution in [0, 0.1) is 27.9 Å². The summed E-state index contributed by atoms with van der Waals surface area (Å²) in [6.45, 7) is 3.25. The molecule has 0 saturated heterocycles. The Balaban J connectivity index is 1.56. The smallest absolute Gasteiger partial charge is 0.287 e. The number of hydrogen-bond donors (Lipinski definition) is 3. The van der Waals surface area contributed by atoms with Gasteiger partial charge in [-0.2, -0.15) is 0 Å². The minimum atomic E-state index is -0.504. The van der Waals surface area contributed by atoms with E-state index in [0.29, 0.717) is 37.9 Å². The van der Waals surface area contributed by atoms with Crippen molar-refractivity contribution in [1.82, 2.24) is 10.3 Å². The molecule has 10 nitrogen and oxygen atoms in total. The summed E-state index contributed by atoms with van der Waals surface area (Å²) in [6, 6.07) is 2.89. The van der Waals surface area contributed by atoms with E-state index in [1.807, 2.05) is 13.0 Å². The number of aromatic nitrogens is 1. The molecule has 1 aromatic heterocycles. The number of nitrogens with zero attached hydrogens (tertiary/aromatic N) is 2. The van der Waals surface area contributed by atoms with Crippen LogP contribution in [0.25, 0.3) is 0 Å². The van der Waals surface area contributed by atoms with Gasteiger partial charge in [0.1, 0.15) is 12.0 Å². The van der Waals surface area contributed by atoms with Crippen LogP contribution in [0.3, 0.4) is 0 Å². The zero-order chi connectivity index (χ0) is 22.9. The number of amides is 1. The molecule has 2 aliphatic rings. The fraction of sp³-hybridized carbons (Fsp3) is 0.636. The molecule has 0 spiro atoms. The van der Waals surface area contributed by atoms with Gasteiger partial charge in [-0.3, -0.25) is 14.9 Å². The molecular weight excluding hydrogens is 416 g/mol. The Bertz CT molecular complexity index is 796. The summed E-state index contributed by atoms with van der Waals surface area (Å²) in [5, 5.41) is 25.8. The third-order valence-electron chi connectivity index (χ3n) is 6.05. The minimum absolute atomic E-state index is 0.0765. The third-order valence-corrected chi connectivity index (χ3v) is 6.05. The van der Waals surface area contributed by atoms with Crippen molar-refractivity contribution in [1.29, 1.82) is 0 Å². The second-order valence-corrected chi connectivity index (χ2v) is 8.11. The Labute approximate surface area is 187 Å². The molecule has 176 valence electrons. The molecule has 2 heterocycles. The molecule has 3 atom stereocenters. The van der Waals surface area contributed by atoms with Gasteiger partial charge in [-0.25, -0.2) is 4.98 Å². The first-order chi connectivity index (χ1) is 15.5. The molecule has 3 N–H and O–H groups in total. The molecule has 32 heavy (non-hydrogen) atoms. The summed E-state index contributed by atoms with van der Waals surface area (Å²) in [5.74, 6) is 1.32. The van der Waals surface area contributed by atoms with Crippen LogP contribution in [0.4, 0.5) is 11.5 Å². The van der Waals surface area contributed by atoms with E-state index in [0.717, 1.165) is 19.3 Å².